The van der Waals surface area contributed by atoms with Gasteiger partial charge in [-0.25, -0.2) is 0 Å². The molecule has 3 N–H and O–H groups in total. The molecule has 4 atom stereocenters. The van der Waals surface area contributed by atoms with Crippen LogP contribution in [0.25, 0.3) is 0 Å². The second kappa shape index (κ2) is 12.5. The molecule has 1 aliphatic heterocycles. The zero-order chi connectivity index (χ0) is 24.8. The number of para-hydroxylation sites is 1. The average Bonchev–Trinajstić information content (AvgIpc) is 3.42. The van der Waals surface area contributed by atoms with Crippen molar-refractivity contribution in [2.75, 3.05) is 26.4 Å². The largest absolute Gasteiger partial charge is 0.482 e. The highest BCUT2D eigenvalue weighted by atomic mass is 127. The Labute approximate surface area is 220 Å². The molecule has 2 aliphatic carbocycles. The van der Waals surface area contributed by atoms with Crippen molar-refractivity contribution in [2.45, 2.75) is 69.2 Å². The number of halogens is 1. The zero-order valence-electron chi connectivity index (χ0n) is 19.9. The highest BCUT2D eigenvalue weighted by molar-refractivity contribution is 14.1. The topological polar surface area (TPSA) is 108 Å². The number of carbonyl (C=O) groups excluding carboxylic acids is 2. The number of ether oxygens (including phenoxy) is 2. The predicted octanol–water partition coefficient (Wildman–Crippen LogP) is 2.40. The molecule has 2 fully saturated rings. The Morgan fingerprint density at radius 2 is 1.94 bits per heavy atom. The van der Waals surface area contributed by atoms with Gasteiger partial charge in [-0.05, 0) is 60.1 Å². The van der Waals surface area contributed by atoms with Crippen molar-refractivity contribution in [3.63, 3.8) is 0 Å². The van der Waals surface area contributed by atoms with E-state index in [9.17, 15) is 19.8 Å². The molecule has 192 valence electrons. The summed E-state index contributed by atoms with van der Waals surface area (Å²) in [6.45, 7) is 0.930. The summed E-state index contributed by atoms with van der Waals surface area (Å²) in [7, 11) is 0. The Morgan fingerprint density at radius 1 is 1.17 bits per heavy atom. The molecule has 8 nitrogen and oxygen atoms in total. The van der Waals surface area contributed by atoms with Crippen molar-refractivity contribution in [2.24, 2.45) is 5.92 Å². The SMILES string of the molecule is O=C(NCCO)C1=C[C@H](Oc2ccccc2I)[C@@H](O)[C@H](N(C(=O)C2CCOC2)C2CCCCC2)C1. The quantitative estimate of drug-likeness (QED) is 0.397. The Bertz CT molecular complexity index is 913. The highest BCUT2D eigenvalue weighted by Crippen LogP contribution is 2.35. The van der Waals surface area contributed by atoms with Crippen LogP contribution in [0.15, 0.2) is 35.9 Å². The number of benzene rings is 1. The molecule has 35 heavy (non-hydrogen) atoms. The van der Waals surface area contributed by atoms with Gasteiger partial charge in [0.05, 0.1) is 28.7 Å². The van der Waals surface area contributed by atoms with E-state index in [1.807, 2.05) is 29.2 Å². The van der Waals surface area contributed by atoms with Gasteiger partial charge in [-0.15, -0.1) is 0 Å². The van der Waals surface area contributed by atoms with Crippen LogP contribution in [0.2, 0.25) is 0 Å². The lowest BCUT2D eigenvalue weighted by atomic mass is 9.84. The molecule has 0 radical (unpaired) electrons. The van der Waals surface area contributed by atoms with E-state index >= 15 is 0 Å². The number of aliphatic hydroxyl groups excluding tert-OH is 2. The molecule has 0 spiro atoms. The van der Waals surface area contributed by atoms with Crippen molar-refractivity contribution >= 4 is 34.4 Å². The summed E-state index contributed by atoms with van der Waals surface area (Å²) in [6.07, 6.45) is 5.80. The van der Waals surface area contributed by atoms with Crippen LogP contribution in [-0.4, -0.2) is 77.6 Å². The first-order valence-corrected chi connectivity index (χ1v) is 13.7. The summed E-state index contributed by atoms with van der Waals surface area (Å²) in [5.41, 5.74) is 0.459. The zero-order valence-corrected chi connectivity index (χ0v) is 22.1. The first kappa shape index (κ1) is 26.4. The number of nitrogens with one attached hydrogen (secondary N) is 1. The molecular formula is C26H35IN2O6. The van der Waals surface area contributed by atoms with Crippen LogP contribution in [0.1, 0.15) is 44.9 Å². The fourth-order valence-electron chi connectivity index (χ4n) is 5.35. The molecular weight excluding hydrogens is 563 g/mol. The van der Waals surface area contributed by atoms with Crippen LogP contribution in [-0.2, 0) is 14.3 Å². The van der Waals surface area contributed by atoms with Crippen LogP contribution >= 0.6 is 22.6 Å². The van der Waals surface area contributed by atoms with Gasteiger partial charge >= 0.3 is 0 Å². The second-order valence-electron chi connectivity index (χ2n) is 9.54. The summed E-state index contributed by atoms with van der Waals surface area (Å²) in [5.74, 6) is 0.0797. The minimum atomic E-state index is -0.992. The lowest BCUT2D eigenvalue weighted by Gasteiger charge is -2.46. The molecule has 0 aromatic heterocycles. The summed E-state index contributed by atoms with van der Waals surface area (Å²) in [6, 6.07) is 6.95. The third-order valence-electron chi connectivity index (χ3n) is 7.17. The Balaban J connectivity index is 1.66. The van der Waals surface area contributed by atoms with Crippen molar-refractivity contribution in [3.05, 3.63) is 39.5 Å². The summed E-state index contributed by atoms with van der Waals surface area (Å²) >= 11 is 2.18. The molecule has 1 saturated heterocycles. The van der Waals surface area contributed by atoms with Crippen LogP contribution in [0.3, 0.4) is 0 Å². The first-order chi connectivity index (χ1) is 17.0. The van der Waals surface area contributed by atoms with Gasteiger partial charge in [-0.3, -0.25) is 9.59 Å². The van der Waals surface area contributed by atoms with E-state index in [0.717, 1.165) is 35.7 Å². The molecule has 9 heteroatoms. The van der Waals surface area contributed by atoms with E-state index in [-0.39, 0.29) is 43.3 Å². The molecule has 1 aromatic rings. The van der Waals surface area contributed by atoms with Gasteiger partial charge in [-0.1, -0.05) is 31.4 Å². The maximum Gasteiger partial charge on any atom is 0.247 e. The standard InChI is InChI=1S/C26H35IN2O6/c27-20-8-4-5-9-22(20)35-23-15-18(25(32)28-11-12-30)14-21(24(23)31)29(19-6-2-1-3-7-19)26(33)17-10-13-34-16-17/h4-5,8-9,15,17,19,21,23-24,30-31H,1-3,6-7,10-14,16H2,(H,28,32)/t17?,21-,23+,24+/m1/s1. The van der Waals surface area contributed by atoms with E-state index in [1.54, 1.807) is 6.08 Å². The third kappa shape index (κ3) is 6.36. The lowest BCUT2D eigenvalue weighted by Crippen LogP contribution is -2.59. The molecule has 1 aromatic carbocycles. The minimum absolute atomic E-state index is 0.00325. The van der Waals surface area contributed by atoms with Crippen molar-refractivity contribution in [1.82, 2.24) is 10.2 Å². The molecule has 3 aliphatic rings. The molecule has 1 saturated carbocycles. The smallest absolute Gasteiger partial charge is 0.247 e. The minimum Gasteiger partial charge on any atom is -0.482 e. The Hall–Kier alpha value is -1.69. The van der Waals surface area contributed by atoms with Crippen LogP contribution < -0.4 is 10.1 Å². The monoisotopic (exact) mass is 598 g/mol. The summed E-state index contributed by atoms with van der Waals surface area (Å²) in [5, 5.41) is 23.5. The number of hydrogen-bond donors (Lipinski definition) is 3. The second-order valence-corrected chi connectivity index (χ2v) is 10.7. The third-order valence-corrected chi connectivity index (χ3v) is 8.06. The van der Waals surface area contributed by atoms with Crippen LogP contribution in [0, 0.1) is 9.49 Å². The van der Waals surface area contributed by atoms with Gasteiger partial charge in [0.25, 0.3) is 0 Å². The van der Waals surface area contributed by atoms with E-state index < -0.39 is 18.2 Å². The highest BCUT2D eigenvalue weighted by Gasteiger charge is 2.45. The van der Waals surface area contributed by atoms with Crippen molar-refractivity contribution in [3.8, 4) is 5.75 Å². The number of rotatable bonds is 8. The fourth-order valence-corrected chi connectivity index (χ4v) is 5.86. The fraction of sp³-hybridized carbons (Fsp3) is 0.615. The summed E-state index contributed by atoms with van der Waals surface area (Å²) < 4.78 is 12.6. The Morgan fingerprint density at radius 3 is 2.63 bits per heavy atom. The number of amides is 2. The average molecular weight is 598 g/mol. The predicted molar refractivity (Wildman–Crippen MR) is 139 cm³/mol. The molecule has 0 bridgehead atoms. The summed E-state index contributed by atoms with van der Waals surface area (Å²) in [4.78, 5) is 28.6. The molecule has 1 unspecified atom stereocenters. The maximum atomic E-state index is 13.8. The Kier molecular flexibility index (Phi) is 9.43. The lowest BCUT2D eigenvalue weighted by molar-refractivity contribution is -0.147. The van der Waals surface area contributed by atoms with E-state index in [2.05, 4.69) is 27.9 Å². The van der Waals surface area contributed by atoms with E-state index in [4.69, 9.17) is 9.47 Å². The van der Waals surface area contributed by atoms with Gasteiger partial charge in [0.15, 0.2) is 0 Å². The number of hydrogen-bond acceptors (Lipinski definition) is 6. The molecule has 1 heterocycles. The van der Waals surface area contributed by atoms with Gasteiger partial charge in [0, 0.05) is 31.2 Å². The molecule has 2 amide bonds. The maximum absolute atomic E-state index is 13.8. The van der Waals surface area contributed by atoms with Crippen molar-refractivity contribution in [1.29, 1.82) is 0 Å². The first-order valence-electron chi connectivity index (χ1n) is 12.6. The van der Waals surface area contributed by atoms with Gasteiger partial charge in [0.1, 0.15) is 18.0 Å². The van der Waals surface area contributed by atoms with Crippen LogP contribution in [0.4, 0.5) is 0 Å². The number of aliphatic hydroxyl groups is 2. The number of carbonyl (C=O) groups is 2. The van der Waals surface area contributed by atoms with Gasteiger partial charge < -0.3 is 29.9 Å². The van der Waals surface area contributed by atoms with Gasteiger partial charge in [0.2, 0.25) is 11.8 Å². The van der Waals surface area contributed by atoms with E-state index in [1.165, 1.54) is 0 Å². The van der Waals surface area contributed by atoms with Gasteiger partial charge in [-0.2, -0.15) is 0 Å². The van der Waals surface area contributed by atoms with Crippen LogP contribution in [0.5, 0.6) is 5.75 Å². The normalized spacial score (nSPS) is 27.2. The molecule has 4 rings (SSSR count). The van der Waals surface area contributed by atoms with E-state index in [0.29, 0.717) is 31.0 Å². The number of nitrogens with zero attached hydrogens (tertiary/aromatic N) is 1. The van der Waals surface area contributed by atoms with Crippen molar-refractivity contribution < 1.29 is 29.3 Å².